The number of guanidine groups is 2. The highest BCUT2D eigenvalue weighted by Gasteiger charge is 2.10. The van der Waals surface area contributed by atoms with E-state index in [0.29, 0.717) is 5.56 Å². The van der Waals surface area contributed by atoms with E-state index in [1.54, 1.807) is 37.3 Å². The molecule has 0 fully saturated rings. The number of aromatic nitrogens is 1. The van der Waals surface area contributed by atoms with Crippen molar-refractivity contribution in [2.75, 3.05) is 14.1 Å². The lowest BCUT2D eigenvalue weighted by Gasteiger charge is -2.15. The smallest absolute Gasteiger partial charge is 0.259 e. The molecule has 0 aliphatic rings. The highest BCUT2D eigenvalue weighted by molar-refractivity contribution is 6.07. The third kappa shape index (κ3) is 3.90. The highest BCUT2D eigenvalue weighted by atomic mass is 16.1. The summed E-state index contributed by atoms with van der Waals surface area (Å²) in [5.41, 5.74) is 5.56. The number of rotatable bonds is 1. The number of nitrogens with zero attached hydrogens (tertiary/aromatic N) is 3. The first-order valence-corrected chi connectivity index (χ1v) is 4.82. The van der Waals surface area contributed by atoms with Crippen LogP contribution in [0.15, 0.2) is 29.5 Å². The van der Waals surface area contributed by atoms with Gasteiger partial charge in [0.1, 0.15) is 0 Å². The molecule has 90 valence electrons. The summed E-state index contributed by atoms with van der Waals surface area (Å²) in [5.74, 6) is -0.529. The van der Waals surface area contributed by atoms with E-state index in [1.807, 2.05) is 0 Å². The molecule has 0 unspecified atom stereocenters. The van der Waals surface area contributed by atoms with Crippen LogP contribution in [0.5, 0.6) is 0 Å². The van der Waals surface area contributed by atoms with Crippen LogP contribution in [-0.4, -0.2) is 41.8 Å². The van der Waals surface area contributed by atoms with Crippen molar-refractivity contribution in [3.63, 3.8) is 0 Å². The minimum Gasteiger partial charge on any atom is -0.368 e. The number of amides is 1. The summed E-state index contributed by atoms with van der Waals surface area (Å²) in [6.45, 7) is 0. The molecule has 4 N–H and O–H groups in total. The van der Waals surface area contributed by atoms with E-state index in [-0.39, 0.29) is 17.8 Å². The average Bonchev–Trinajstić information content (AvgIpc) is 2.28. The van der Waals surface area contributed by atoms with E-state index in [9.17, 15) is 4.79 Å². The molecule has 1 aromatic rings. The number of aliphatic imine (C=N–C) groups is 1. The van der Waals surface area contributed by atoms with Crippen LogP contribution in [0.3, 0.4) is 0 Å². The van der Waals surface area contributed by atoms with Crippen molar-refractivity contribution < 1.29 is 4.79 Å². The van der Waals surface area contributed by atoms with Gasteiger partial charge < -0.3 is 10.6 Å². The Balaban J connectivity index is 2.82. The van der Waals surface area contributed by atoms with Crippen molar-refractivity contribution in [1.82, 2.24) is 15.2 Å². The first-order valence-electron chi connectivity index (χ1n) is 4.82. The lowest BCUT2D eigenvalue weighted by molar-refractivity contribution is 0.0973. The van der Waals surface area contributed by atoms with Gasteiger partial charge in [0.15, 0.2) is 0 Å². The number of hydrogen-bond donors (Lipinski definition) is 3. The summed E-state index contributed by atoms with van der Waals surface area (Å²) in [7, 11) is 3.37. The zero-order chi connectivity index (χ0) is 12.8. The Kier molecular flexibility index (Phi) is 4.15. The van der Waals surface area contributed by atoms with Crippen molar-refractivity contribution in [3.05, 3.63) is 30.1 Å². The van der Waals surface area contributed by atoms with Gasteiger partial charge >= 0.3 is 0 Å². The van der Waals surface area contributed by atoms with Gasteiger partial charge in [-0.25, -0.2) is 0 Å². The van der Waals surface area contributed by atoms with Gasteiger partial charge in [-0.15, -0.1) is 0 Å². The van der Waals surface area contributed by atoms with Crippen LogP contribution in [0.25, 0.3) is 0 Å². The molecule has 0 aromatic carbocycles. The third-order valence-electron chi connectivity index (χ3n) is 1.80. The number of pyridine rings is 1. The molecule has 0 aliphatic heterocycles. The Morgan fingerprint density at radius 1 is 1.59 bits per heavy atom. The van der Waals surface area contributed by atoms with Crippen LogP contribution in [-0.2, 0) is 0 Å². The molecule has 17 heavy (non-hydrogen) atoms. The second kappa shape index (κ2) is 5.59. The van der Waals surface area contributed by atoms with Crippen LogP contribution in [0.1, 0.15) is 10.4 Å². The van der Waals surface area contributed by atoms with Gasteiger partial charge in [0.25, 0.3) is 5.91 Å². The minimum atomic E-state index is -0.375. The third-order valence-corrected chi connectivity index (χ3v) is 1.80. The summed E-state index contributed by atoms with van der Waals surface area (Å²) in [4.78, 5) is 20.9. The molecule has 0 radical (unpaired) electrons. The molecule has 0 bridgehead atoms. The average molecular weight is 234 g/mol. The molecule has 0 spiro atoms. The summed E-state index contributed by atoms with van der Waals surface area (Å²) in [5, 5.41) is 9.61. The molecule has 1 amide bonds. The predicted octanol–water partition coefficient (Wildman–Crippen LogP) is -0.378. The van der Waals surface area contributed by atoms with Gasteiger partial charge in [-0.05, 0) is 12.1 Å². The van der Waals surface area contributed by atoms with Crippen LogP contribution >= 0.6 is 0 Å². The predicted molar refractivity (Wildman–Crippen MR) is 64.7 cm³/mol. The Bertz CT molecular complexity index is 439. The van der Waals surface area contributed by atoms with Crippen LogP contribution in [0, 0.1) is 5.41 Å². The molecule has 0 saturated carbocycles. The van der Waals surface area contributed by atoms with Crippen LogP contribution < -0.4 is 11.1 Å². The van der Waals surface area contributed by atoms with Crippen LogP contribution in [0.2, 0.25) is 0 Å². The monoisotopic (exact) mass is 234 g/mol. The topological polar surface area (TPSA) is 107 Å². The normalized spacial score (nSPS) is 10.8. The standard InChI is InChI=1S/C10H14N6O/c1-16(2)10(15-9(11)12)14-8(17)7-4-3-5-13-6-7/h3-6H,1-2H3,(H4,11,12,14,15,17). The van der Waals surface area contributed by atoms with Gasteiger partial charge in [-0.2, -0.15) is 4.99 Å². The number of carbonyl (C=O) groups excluding carboxylic acids is 1. The maximum absolute atomic E-state index is 11.8. The molecule has 7 heteroatoms. The second-order valence-corrected chi connectivity index (χ2v) is 3.41. The number of nitrogens with two attached hydrogens (primary N) is 1. The van der Waals surface area contributed by atoms with Crippen molar-refractivity contribution in [2.45, 2.75) is 0 Å². The quantitative estimate of drug-likeness (QED) is 0.455. The van der Waals surface area contributed by atoms with E-state index in [4.69, 9.17) is 11.1 Å². The highest BCUT2D eigenvalue weighted by Crippen LogP contribution is 1.95. The van der Waals surface area contributed by atoms with Gasteiger partial charge in [-0.3, -0.25) is 20.5 Å². The first kappa shape index (κ1) is 12.6. The summed E-state index contributed by atoms with van der Waals surface area (Å²) >= 11 is 0. The van der Waals surface area contributed by atoms with E-state index >= 15 is 0 Å². The van der Waals surface area contributed by atoms with Gasteiger partial charge in [0.2, 0.25) is 11.9 Å². The second-order valence-electron chi connectivity index (χ2n) is 3.41. The first-order chi connectivity index (χ1) is 8.00. The van der Waals surface area contributed by atoms with E-state index in [1.165, 1.54) is 6.20 Å². The summed E-state index contributed by atoms with van der Waals surface area (Å²) in [6, 6.07) is 3.29. The maximum atomic E-state index is 11.8. The fraction of sp³-hybridized carbons (Fsp3) is 0.200. The molecular weight excluding hydrogens is 220 g/mol. The van der Waals surface area contributed by atoms with Crippen molar-refractivity contribution in [3.8, 4) is 0 Å². The van der Waals surface area contributed by atoms with Gasteiger partial charge in [0.05, 0.1) is 5.56 Å². The summed E-state index contributed by atoms with van der Waals surface area (Å²) in [6.07, 6.45) is 3.02. The maximum Gasteiger partial charge on any atom is 0.259 e. The molecule has 0 atom stereocenters. The molecule has 7 nitrogen and oxygen atoms in total. The Morgan fingerprint density at radius 3 is 2.76 bits per heavy atom. The fourth-order valence-electron chi connectivity index (χ4n) is 1.02. The Morgan fingerprint density at radius 2 is 2.29 bits per heavy atom. The Labute approximate surface area is 98.9 Å². The molecule has 1 aromatic heterocycles. The lowest BCUT2D eigenvalue weighted by Crippen LogP contribution is -2.41. The molecule has 0 saturated heterocycles. The largest absolute Gasteiger partial charge is 0.368 e. The molecule has 1 rings (SSSR count). The Hall–Kier alpha value is -2.44. The minimum absolute atomic E-state index is 0.200. The summed E-state index contributed by atoms with van der Waals surface area (Å²) < 4.78 is 0. The van der Waals surface area contributed by atoms with E-state index in [2.05, 4.69) is 15.3 Å². The SMILES string of the molecule is CN(C)/C(=N\C(=N)N)NC(=O)c1cccnc1. The molecule has 0 aliphatic carbocycles. The zero-order valence-corrected chi connectivity index (χ0v) is 9.64. The molecule has 1 heterocycles. The zero-order valence-electron chi connectivity index (χ0n) is 9.64. The number of hydrogen-bond acceptors (Lipinski definition) is 3. The molecular formula is C10H14N6O. The van der Waals surface area contributed by atoms with Gasteiger partial charge in [-0.1, -0.05) is 0 Å². The lowest BCUT2D eigenvalue weighted by atomic mass is 10.3. The van der Waals surface area contributed by atoms with Crippen molar-refractivity contribution >= 4 is 17.8 Å². The van der Waals surface area contributed by atoms with Crippen molar-refractivity contribution in [2.24, 2.45) is 10.7 Å². The fourth-order valence-corrected chi connectivity index (χ4v) is 1.02. The van der Waals surface area contributed by atoms with Crippen molar-refractivity contribution in [1.29, 1.82) is 5.41 Å². The number of carbonyl (C=O) groups is 1. The van der Waals surface area contributed by atoms with E-state index in [0.717, 1.165) is 0 Å². The number of nitrogens with one attached hydrogen (secondary N) is 2. The van der Waals surface area contributed by atoms with Crippen LogP contribution in [0.4, 0.5) is 0 Å². The van der Waals surface area contributed by atoms with Gasteiger partial charge in [0, 0.05) is 26.5 Å². The van der Waals surface area contributed by atoms with E-state index < -0.39 is 0 Å².